The number of carbonyl (C=O) groups excluding carboxylic acids is 2. The van der Waals surface area contributed by atoms with E-state index in [9.17, 15) is 14.4 Å². The molecule has 0 unspecified atom stereocenters. The SMILES string of the molecule is Cc1ccc2ncc(C(=O)NCC(=O)NC(C)C)c(=O)n2c1. The highest BCUT2D eigenvalue weighted by atomic mass is 16.2. The van der Waals surface area contributed by atoms with Crippen LogP contribution in [0.3, 0.4) is 0 Å². The Hall–Kier alpha value is -2.70. The molecule has 0 radical (unpaired) electrons. The average Bonchev–Trinajstić information content (AvgIpc) is 2.45. The molecular weight excluding hydrogens is 284 g/mol. The van der Waals surface area contributed by atoms with E-state index < -0.39 is 11.5 Å². The Balaban J connectivity index is 2.20. The molecule has 0 aliphatic carbocycles. The molecule has 7 heteroatoms. The van der Waals surface area contributed by atoms with E-state index in [4.69, 9.17) is 0 Å². The number of pyridine rings is 1. The van der Waals surface area contributed by atoms with E-state index in [0.717, 1.165) is 5.56 Å². The van der Waals surface area contributed by atoms with Gasteiger partial charge in [-0.25, -0.2) is 4.98 Å². The smallest absolute Gasteiger partial charge is 0.270 e. The van der Waals surface area contributed by atoms with Gasteiger partial charge in [-0.15, -0.1) is 0 Å². The molecule has 0 spiro atoms. The van der Waals surface area contributed by atoms with Crippen LogP contribution in [0.25, 0.3) is 5.65 Å². The summed E-state index contributed by atoms with van der Waals surface area (Å²) in [5.41, 5.74) is 0.783. The molecule has 22 heavy (non-hydrogen) atoms. The normalized spacial score (nSPS) is 10.7. The highest BCUT2D eigenvalue weighted by Gasteiger charge is 2.14. The lowest BCUT2D eigenvalue weighted by Gasteiger charge is -2.09. The topological polar surface area (TPSA) is 92.6 Å². The molecule has 2 heterocycles. The summed E-state index contributed by atoms with van der Waals surface area (Å²) in [6, 6.07) is 3.52. The maximum Gasteiger partial charge on any atom is 0.270 e. The van der Waals surface area contributed by atoms with Gasteiger partial charge < -0.3 is 10.6 Å². The fourth-order valence-electron chi connectivity index (χ4n) is 1.97. The lowest BCUT2D eigenvalue weighted by atomic mass is 10.2. The first-order valence-corrected chi connectivity index (χ1v) is 6.94. The largest absolute Gasteiger partial charge is 0.352 e. The van der Waals surface area contributed by atoms with Gasteiger partial charge in [0.1, 0.15) is 11.2 Å². The van der Waals surface area contributed by atoms with Crippen molar-refractivity contribution >= 4 is 17.5 Å². The second kappa shape index (κ2) is 6.38. The summed E-state index contributed by atoms with van der Waals surface area (Å²) in [6.45, 7) is 5.30. The lowest BCUT2D eigenvalue weighted by molar-refractivity contribution is -0.120. The predicted octanol–water partition coefficient (Wildman–Crippen LogP) is 0.257. The van der Waals surface area contributed by atoms with Crippen molar-refractivity contribution in [2.24, 2.45) is 0 Å². The van der Waals surface area contributed by atoms with Gasteiger partial charge in [0.15, 0.2) is 0 Å². The third kappa shape index (κ3) is 3.49. The van der Waals surface area contributed by atoms with Crippen molar-refractivity contribution in [1.29, 1.82) is 0 Å². The highest BCUT2D eigenvalue weighted by Crippen LogP contribution is 2.01. The molecule has 2 aromatic rings. The Kier molecular flexibility index (Phi) is 4.55. The van der Waals surface area contributed by atoms with Crippen LogP contribution in [-0.4, -0.2) is 33.8 Å². The van der Waals surface area contributed by atoms with Gasteiger partial charge in [-0.1, -0.05) is 6.07 Å². The van der Waals surface area contributed by atoms with E-state index in [1.165, 1.54) is 10.6 Å². The molecule has 0 saturated heterocycles. The monoisotopic (exact) mass is 302 g/mol. The standard InChI is InChI=1S/C15H18N4O3/c1-9(2)18-13(20)7-17-14(21)11-6-16-12-5-4-10(3)8-19(12)15(11)22/h4-6,8-9H,7H2,1-3H3,(H,17,21)(H,18,20). The molecule has 2 aromatic heterocycles. The van der Waals surface area contributed by atoms with Gasteiger partial charge in [-0.2, -0.15) is 0 Å². The number of hydrogen-bond donors (Lipinski definition) is 2. The summed E-state index contributed by atoms with van der Waals surface area (Å²) >= 11 is 0. The minimum atomic E-state index is -0.618. The Morgan fingerprint density at radius 2 is 2.05 bits per heavy atom. The summed E-state index contributed by atoms with van der Waals surface area (Å²) in [6.07, 6.45) is 2.84. The third-order valence-electron chi connectivity index (χ3n) is 2.95. The minimum Gasteiger partial charge on any atom is -0.352 e. The second-order valence-corrected chi connectivity index (χ2v) is 5.32. The fraction of sp³-hybridized carbons (Fsp3) is 0.333. The van der Waals surface area contributed by atoms with Crippen molar-refractivity contribution in [3.05, 3.63) is 46.0 Å². The molecule has 0 bridgehead atoms. The lowest BCUT2D eigenvalue weighted by Crippen LogP contribution is -2.41. The average molecular weight is 302 g/mol. The maximum atomic E-state index is 12.3. The van der Waals surface area contributed by atoms with Gasteiger partial charge >= 0.3 is 0 Å². The quantitative estimate of drug-likeness (QED) is 0.847. The van der Waals surface area contributed by atoms with Crippen molar-refractivity contribution in [2.75, 3.05) is 6.54 Å². The summed E-state index contributed by atoms with van der Waals surface area (Å²) in [4.78, 5) is 39.9. The molecule has 7 nitrogen and oxygen atoms in total. The molecule has 0 aromatic carbocycles. The number of carbonyl (C=O) groups is 2. The van der Waals surface area contributed by atoms with Gasteiger partial charge in [0, 0.05) is 18.4 Å². The van der Waals surface area contributed by atoms with E-state index in [1.807, 2.05) is 26.8 Å². The zero-order chi connectivity index (χ0) is 16.3. The number of rotatable bonds is 4. The zero-order valence-corrected chi connectivity index (χ0v) is 12.7. The Morgan fingerprint density at radius 1 is 1.32 bits per heavy atom. The van der Waals surface area contributed by atoms with Gasteiger partial charge in [-0.3, -0.25) is 18.8 Å². The number of amides is 2. The van der Waals surface area contributed by atoms with Crippen LogP contribution in [0.5, 0.6) is 0 Å². The van der Waals surface area contributed by atoms with Crippen LogP contribution >= 0.6 is 0 Å². The summed E-state index contributed by atoms with van der Waals surface area (Å²) in [5.74, 6) is -0.930. The van der Waals surface area contributed by atoms with E-state index >= 15 is 0 Å². The number of nitrogens with one attached hydrogen (secondary N) is 2. The van der Waals surface area contributed by atoms with Crippen LogP contribution in [0.15, 0.2) is 29.3 Å². The number of aromatic nitrogens is 2. The molecule has 0 aliphatic heterocycles. The molecule has 2 rings (SSSR count). The summed E-state index contributed by atoms with van der Waals surface area (Å²) in [7, 11) is 0. The molecule has 2 amide bonds. The highest BCUT2D eigenvalue weighted by molar-refractivity contribution is 5.96. The number of aryl methyl sites for hydroxylation is 1. The zero-order valence-electron chi connectivity index (χ0n) is 12.7. The van der Waals surface area contributed by atoms with Crippen LogP contribution in [0.1, 0.15) is 29.8 Å². The van der Waals surface area contributed by atoms with Gasteiger partial charge in [0.2, 0.25) is 5.91 Å². The van der Waals surface area contributed by atoms with Crippen LogP contribution < -0.4 is 16.2 Å². The number of hydrogen-bond acceptors (Lipinski definition) is 4. The third-order valence-corrected chi connectivity index (χ3v) is 2.95. The minimum absolute atomic E-state index is 0.0136. The van der Waals surface area contributed by atoms with Crippen molar-refractivity contribution < 1.29 is 9.59 Å². The van der Waals surface area contributed by atoms with Crippen molar-refractivity contribution in [1.82, 2.24) is 20.0 Å². The summed E-state index contributed by atoms with van der Waals surface area (Å²) < 4.78 is 1.32. The fourth-order valence-corrected chi connectivity index (χ4v) is 1.97. The molecule has 0 atom stereocenters. The molecule has 116 valence electrons. The van der Waals surface area contributed by atoms with Crippen LogP contribution in [0.4, 0.5) is 0 Å². The van der Waals surface area contributed by atoms with E-state index in [2.05, 4.69) is 15.6 Å². The second-order valence-electron chi connectivity index (χ2n) is 5.32. The number of fused-ring (bicyclic) bond motifs is 1. The van der Waals surface area contributed by atoms with Crippen molar-refractivity contribution in [3.8, 4) is 0 Å². The molecule has 0 saturated carbocycles. The molecule has 0 aliphatic rings. The first-order valence-electron chi connectivity index (χ1n) is 6.94. The number of nitrogens with zero attached hydrogens (tertiary/aromatic N) is 2. The van der Waals surface area contributed by atoms with E-state index in [-0.39, 0.29) is 24.1 Å². The van der Waals surface area contributed by atoms with E-state index in [1.54, 1.807) is 12.3 Å². The van der Waals surface area contributed by atoms with Crippen molar-refractivity contribution in [3.63, 3.8) is 0 Å². The van der Waals surface area contributed by atoms with E-state index in [0.29, 0.717) is 5.65 Å². The van der Waals surface area contributed by atoms with Crippen LogP contribution in [0, 0.1) is 6.92 Å². The Morgan fingerprint density at radius 3 is 2.73 bits per heavy atom. The molecule has 0 fully saturated rings. The predicted molar refractivity (Wildman–Crippen MR) is 81.8 cm³/mol. The first kappa shape index (κ1) is 15.7. The van der Waals surface area contributed by atoms with Gasteiger partial charge in [0.05, 0.1) is 6.54 Å². The maximum absolute atomic E-state index is 12.3. The van der Waals surface area contributed by atoms with Crippen LogP contribution in [0.2, 0.25) is 0 Å². The van der Waals surface area contributed by atoms with Gasteiger partial charge in [-0.05, 0) is 32.4 Å². The Bertz CT molecular complexity index is 780. The summed E-state index contributed by atoms with van der Waals surface area (Å²) in [5, 5.41) is 5.07. The van der Waals surface area contributed by atoms with Gasteiger partial charge in [0.25, 0.3) is 11.5 Å². The molecular formula is C15H18N4O3. The first-order chi connectivity index (χ1) is 10.4. The van der Waals surface area contributed by atoms with Crippen molar-refractivity contribution in [2.45, 2.75) is 26.8 Å². The molecule has 2 N–H and O–H groups in total. The van der Waals surface area contributed by atoms with Crippen LogP contribution in [-0.2, 0) is 4.79 Å². The Labute approximate surface area is 127 Å².